The molecule has 5 nitrogen and oxygen atoms in total. The van der Waals surface area contributed by atoms with Crippen LogP contribution >= 0.6 is 0 Å². The summed E-state index contributed by atoms with van der Waals surface area (Å²) in [6, 6.07) is 3.12. The van der Waals surface area contributed by atoms with Gasteiger partial charge in [0.25, 0.3) is 5.91 Å². The Morgan fingerprint density at radius 1 is 1.50 bits per heavy atom. The third kappa shape index (κ3) is 1.60. The van der Waals surface area contributed by atoms with Crippen molar-refractivity contribution in [3.8, 4) is 11.5 Å². The summed E-state index contributed by atoms with van der Waals surface area (Å²) in [7, 11) is 1.48. The number of amides is 1. The van der Waals surface area contributed by atoms with Crippen LogP contribution in [-0.4, -0.2) is 25.4 Å². The molecule has 0 saturated heterocycles. The largest absolute Gasteiger partial charge is 0.493 e. The van der Waals surface area contributed by atoms with Gasteiger partial charge >= 0.3 is 0 Å². The lowest BCUT2D eigenvalue weighted by atomic mass is 10.1. The number of rotatable bonds is 2. The Labute approximate surface area is 92.4 Å². The number of ether oxygens (including phenoxy) is 2. The normalized spacial score (nSPS) is 18.1. The van der Waals surface area contributed by atoms with Gasteiger partial charge in [0, 0.05) is 5.56 Å². The first kappa shape index (κ1) is 10.5. The molecule has 16 heavy (non-hydrogen) atoms. The summed E-state index contributed by atoms with van der Waals surface area (Å²) in [5.41, 5.74) is 0.888. The number of hydrogen-bond acceptors (Lipinski definition) is 4. The number of methoxy groups -OCH3 is 1. The fourth-order valence-corrected chi connectivity index (χ4v) is 1.52. The summed E-state index contributed by atoms with van der Waals surface area (Å²) in [6.45, 7) is 1.64. The molecule has 1 amide bonds. The van der Waals surface area contributed by atoms with Crippen LogP contribution in [0.25, 0.3) is 0 Å². The Morgan fingerprint density at radius 2 is 2.25 bits per heavy atom. The van der Waals surface area contributed by atoms with Crippen molar-refractivity contribution in [1.82, 2.24) is 0 Å². The first-order valence-electron chi connectivity index (χ1n) is 4.80. The molecule has 0 aliphatic carbocycles. The van der Waals surface area contributed by atoms with Crippen molar-refractivity contribution in [3.63, 3.8) is 0 Å². The maximum atomic E-state index is 11.4. The van der Waals surface area contributed by atoms with Crippen LogP contribution in [0.5, 0.6) is 11.5 Å². The molecule has 0 fully saturated rings. The average Bonchev–Trinajstić information content (AvgIpc) is 2.29. The second kappa shape index (κ2) is 3.84. The molecule has 0 radical (unpaired) electrons. The lowest BCUT2D eigenvalue weighted by molar-refractivity contribution is -0.122. The molecule has 2 rings (SSSR count). The smallest absolute Gasteiger partial charge is 0.265 e. The van der Waals surface area contributed by atoms with Gasteiger partial charge in [-0.3, -0.25) is 9.59 Å². The highest BCUT2D eigenvalue weighted by Crippen LogP contribution is 2.39. The Kier molecular flexibility index (Phi) is 2.52. The Hall–Kier alpha value is -2.04. The minimum absolute atomic E-state index is 0.238. The predicted molar refractivity (Wildman–Crippen MR) is 57.1 cm³/mol. The highest BCUT2D eigenvalue weighted by Gasteiger charge is 2.26. The zero-order valence-electron chi connectivity index (χ0n) is 8.94. The van der Waals surface area contributed by atoms with Gasteiger partial charge in [0.05, 0.1) is 12.8 Å². The molecule has 0 bridgehead atoms. The van der Waals surface area contributed by atoms with Crippen molar-refractivity contribution in [2.75, 3.05) is 12.4 Å². The van der Waals surface area contributed by atoms with Crippen molar-refractivity contribution in [2.45, 2.75) is 13.0 Å². The molecule has 1 aromatic carbocycles. The van der Waals surface area contributed by atoms with Crippen LogP contribution in [0, 0.1) is 0 Å². The number of fused-ring (bicyclic) bond motifs is 1. The number of nitrogens with one attached hydrogen (secondary N) is 1. The van der Waals surface area contributed by atoms with Crippen molar-refractivity contribution in [3.05, 3.63) is 17.7 Å². The molecular weight excluding hydrogens is 210 g/mol. The van der Waals surface area contributed by atoms with Crippen LogP contribution in [0.2, 0.25) is 0 Å². The van der Waals surface area contributed by atoms with Crippen molar-refractivity contribution < 1.29 is 19.1 Å². The van der Waals surface area contributed by atoms with E-state index in [0.29, 0.717) is 29.0 Å². The van der Waals surface area contributed by atoms with E-state index in [1.54, 1.807) is 19.1 Å². The first-order chi connectivity index (χ1) is 7.65. The van der Waals surface area contributed by atoms with Crippen molar-refractivity contribution in [2.24, 2.45) is 0 Å². The number of carbonyl (C=O) groups is 2. The molecule has 0 aromatic heterocycles. The Morgan fingerprint density at radius 3 is 2.88 bits per heavy atom. The SMILES string of the molecule is COc1cc(C=O)cc2c1OC(C)C(=O)N2. The molecule has 1 unspecified atom stereocenters. The van der Waals surface area contributed by atoms with E-state index in [2.05, 4.69) is 5.32 Å². The van der Waals surface area contributed by atoms with Gasteiger partial charge in [-0.2, -0.15) is 0 Å². The van der Waals surface area contributed by atoms with E-state index < -0.39 is 6.10 Å². The molecule has 0 saturated carbocycles. The maximum Gasteiger partial charge on any atom is 0.265 e. The summed E-state index contributed by atoms with van der Waals surface area (Å²) in [6.07, 6.45) is 0.121. The molecule has 5 heteroatoms. The summed E-state index contributed by atoms with van der Waals surface area (Å²) >= 11 is 0. The van der Waals surface area contributed by atoms with Crippen molar-refractivity contribution in [1.29, 1.82) is 0 Å². The van der Waals surface area contributed by atoms with E-state index in [1.165, 1.54) is 7.11 Å². The zero-order valence-corrected chi connectivity index (χ0v) is 8.94. The topological polar surface area (TPSA) is 64.6 Å². The number of carbonyl (C=O) groups excluding carboxylic acids is 2. The second-order valence-electron chi connectivity index (χ2n) is 3.47. The number of aldehydes is 1. The fourth-order valence-electron chi connectivity index (χ4n) is 1.52. The third-order valence-corrected chi connectivity index (χ3v) is 2.35. The molecule has 84 valence electrons. The van der Waals surface area contributed by atoms with E-state index in [-0.39, 0.29) is 5.91 Å². The second-order valence-corrected chi connectivity index (χ2v) is 3.47. The van der Waals surface area contributed by atoms with Gasteiger partial charge in [0.15, 0.2) is 17.6 Å². The standard InChI is InChI=1S/C11H11NO4/c1-6-11(14)12-8-3-7(5-13)4-9(15-2)10(8)16-6/h3-6H,1-2H3,(H,12,14). The minimum atomic E-state index is -0.566. The monoisotopic (exact) mass is 221 g/mol. The number of benzene rings is 1. The van der Waals surface area contributed by atoms with E-state index in [0.717, 1.165) is 0 Å². The van der Waals surface area contributed by atoms with Gasteiger partial charge in [-0.25, -0.2) is 0 Å². The fraction of sp³-hybridized carbons (Fsp3) is 0.273. The predicted octanol–water partition coefficient (Wildman–Crippen LogP) is 1.23. The number of hydrogen-bond donors (Lipinski definition) is 1. The molecule has 1 aliphatic rings. The van der Waals surface area contributed by atoms with E-state index in [9.17, 15) is 9.59 Å². The molecule has 1 aromatic rings. The molecule has 1 aliphatic heterocycles. The van der Waals surface area contributed by atoms with Crippen LogP contribution in [0.3, 0.4) is 0 Å². The van der Waals surface area contributed by atoms with E-state index in [4.69, 9.17) is 9.47 Å². The summed E-state index contributed by atoms with van der Waals surface area (Å²) in [4.78, 5) is 22.1. The van der Waals surface area contributed by atoms with Gasteiger partial charge in [-0.05, 0) is 19.1 Å². The van der Waals surface area contributed by atoms with Crippen LogP contribution in [0.4, 0.5) is 5.69 Å². The number of anilines is 1. The van der Waals surface area contributed by atoms with E-state index in [1.807, 2.05) is 0 Å². The van der Waals surface area contributed by atoms with Gasteiger partial charge in [0.2, 0.25) is 0 Å². The molecule has 1 N–H and O–H groups in total. The van der Waals surface area contributed by atoms with Gasteiger partial charge in [-0.15, -0.1) is 0 Å². The highest BCUT2D eigenvalue weighted by molar-refractivity contribution is 5.99. The lowest BCUT2D eigenvalue weighted by Crippen LogP contribution is -2.34. The van der Waals surface area contributed by atoms with Crippen LogP contribution in [0.15, 0.2) is 12.1 Å². The van der Waals surface area contributed by atoms with E-state index >= 15 is 0 Å². The van der Waals surface area contributed by atoms with Crippen LogP contribution in [-0.2, 0) is 4.79 Å². The van der Waals surface area contributed by atoms with Gasteiger partial charge < -0.3 is 14.8 Å². The van der Waals surface area contributed by atoms with Crippen LogP contribution < -0.4 is 14.8 Å². The summed E-state index contributed by atoms with van der Waals surface area (Å²) in [5, 5.41) is 2.66. The maximum absolute atomic E-state index is 11.4. The van der Waals surface area contributed by atoms with Crippen molar-refractivity contribution >= 4 is 17.9 Å². The molecule has 0 spiro atoms. The van der Waals surface area contributed by atoms with Gasteiger partial charge in [-0.1, -0.05) is 0 Å². The highest BCUT2D eigenvalue weighted by atomic mass is 16.5. The zero-order chi connectivity index (χ0) is 11.7. The molecular formula is C11H11NO4. The lowest BCUT2D eigenvalue weighted by Gasteiger charge is -2.25. The summed E-state index contributed by atoms with van der Waals surface area (Å²) < 4.78 is 10.5. The Balaban J connectivity index is 2.54. The molecule has 1 heterocycles. The quantitative estimate of drug-likeness (QED) is 0.763. The first-order valence-corrected chi connectivity index (χ1v) is 4.80. The van der Waals surface area contributed by atoms with Crippen LogP contribution in [0.1, 0.15) is 17.3 Å². The minimum Gasteiger partial charge on any atom is -0.493 e. The molecule has 1 atom stereocenters. The Bertz CT molecular complexity index is 456. The third-order valence-electron chi connectivity index (χ3n) is 2.35. The average molecular weight is 221 g/mol. The van der Waals surface area contributed by atoms with Gasteiger partial charge in [0.1, 0.15) is 6.29 Å². The summed E-state index contributed by atoms with van der Waals surface area (Å²) in [5.74, 6) is 0.657.